The van der Waals surface area contributed by atoms with Gasteiger partial charge in [0, 0.05) is 6.20 Å². The van der Waals surface area contributed by atoms with Crippen LogP contribution in [-0.4, -0.2) is 26.5 Å². The third-order valence-electron chi connectivity index (χ3n) is 2.80. The first-order valence-electron chi connectivity index (χ1n) is 6.17. The average Bonchev–Trinajstić information content (AvgIpc) is 2.45. The van der Waals surface area contributed by atoms with Crippen LogP contribution in [-0.2, 0) is 14.8 Å². The highest BCUT2D eigenvalue weighted by atomic mass is 32.2. The minimum absolute atomic E-state index is 0.108. The molecule has 0 saturated heterocycles. The minimum atomic E-state index is -4.15. The van der Waals surface area contributed by atoms with Gasteiger partial charge in [-0.3, -0.25) is 4.72 Å². The quantitative estimate of drug-likeness (QED) is 0.871. The lowest BCUT2D eigenvalue weighted by Gasteiger charge is -2.09. The van der Waals surface area contributed by atoms with E-state index >= 15 is 0 Å². The number of rotatable bonds is 4. The summed E-state index contributed by atoms with van der Waals surface area (Å²) in [5.74, 6) is -1.61. The molecular weight excluding hydrogens is 311 g/mol. The van der Waals surface area contributed by atoms with Gasteiger partial charge in [-0.05, 0) is 36.8 Å². The summed E-state index contributed by atoms with van der Waals surface area (Å²) in [5.41, 5.74) is 0.724. The standard InChI is InChI=1S/C14H13FN2O4S/c1-9-3-4-12(11(15)7-9)22(19,20)17-13-8-10(5-6-16-13)14(18)21-2/h3-8H,1-2H3,(H,16,17). The van der Waals surface area contributed by atoms with Crippen molar-refractivity contribution in [2.45, 2.75) is 11.8 Å². The molecule has 0 amide bonds. The Kier molecular flexibility index (Phi) is 4.41. The van der Waals surface area contributed by atoms with Gasteiger partial charge >= 0.3 is 5.97 Å². The Morgan fingerprint density at radius 3 is 2.64 bits per heavy atom. The maximum atomic E-state index is 13.8. The van der Waals surface area contributed by atoms with Gasteiger partial charge in [0.1, 0.15) is 16.5 Å². The van der Waals surface area contributed by atoms with Gasteiger partial charge in [0.15, 0.2) is 0 Å². The van der Waals surface area contributed by atoms with Gasteiger partial charge in [0.2, 0.25) is 0 Å². The number of ether oxygens (including phenoxy) is 1. The normalized spacial score (nSPS) is 11.0. The Labute approximate surface area is 127 Å². The van der Waals surface area contributed by atoms with Crippen molar-refractivity contribution in [2.75, 3.05) is 11.8 Å². The summed E-state index contributed by atoms with van der Waals surface area (Å²) in [6.45, 7) is 1.65. The summed E-state index contributed by atoms with van der Waals surface area (Å²) in [7, 11) is -2.95. The van der Waals surface area contributed by atoms with Crippen molar-refractivity contribution in [3.8, 4) is 0 Å². The zero-order valence-electron chi connectivity index (χ0n) is 11.8. The summed E-state index contributed by atoms with van der Waals surface area (Å²) in [5, 5.41) is 0. The Hall–Kier alpha value is -2.48. The third-order valence-corrected chi connectivity index (χ3v) is 4.18. The number of carbonyl (C=O) groups is 1. The maximum Gasteiger partial charge on any atom is 0.338 e. The highest BCUT2D eigenvalue weighted by molar-refractivity contribution is 7.92. The summed E-state index contributed by atoms with van der Waals surface area (Å²) >= 11 is 0. The number of nitrogens with one attached hydrogen (secondary N) is 1. The van der Waals surface area contributed by atoms with E-state index in [2.05, 4.69) is 14.4 Å². The topological polar surface area (TPSA) is 85.4 Å². The van der Waals surface area contributed by atoms with Crippen molar-refractivity contribution in [3.63, 3.8) is 0 Å². The van der Waals surface area contributed by atoms with Crippen LogP contribution in [0.25, 0.3) is 0 Å². The molecule has 0 spiro atoms. The van der Waals surface area contributed by atoms with E-state index in [0.717, 1.165) is 12.1 Å². The molecule has 0 saturated carbocycles. The molecule has 0 bridgehead atoms. The van der Waals surface area contributed by atoms with Gasteiger partial charge in [-0.1, -0.05) is 6.07 Å². The predicted octanol–water partition coefficient (Wildman–Crippen LogP) is 2.12. The second-order valence-corrected chi connectivity index (χ2v) is 6.11. The average molecular weight is 324 g/mol. The molecule has 0 aliphatic carbocycles. The van der Waals surface area contributed by atoms with Gasteiger partial charge < -0.3 is 4.74 Å². The van der Waals surface area contributed by atoms with Crippen LogP contribution in [0, 0.1) is 12.7 Å². The second kappa shape index (κ2) is 6.10. The number of nitrogens with zero attached hydrogens (tertiary/aromatic N) is 1. The first-order valence-corrected chi connectivity index (χ1v) is 7.65. The summed E-state index contributed by atoms with van der Waals surface area (Å²) in [4.78, 5) is 14.7. The summed E-state index contributed by atoms with van der Waals surface area (Å²) in [6.07, 6.45) is 1.25. The number of carbonyl (C=O) groups excluding carboxylic acids is 1. The first kappa shape index (κ1) is 15.9. The number of hydrogen-bond acceptors (Lipinski definition) is 5. The number of esters is 1. The van der Waals surface area contributed by atoms with E-state index in [1.807, 2.05) is 0 Å². The molecular formula is C14H13FN2O4S. The van der Waals surface area contributed by atoms with Gasteiger partial charge in [-0.15, -0.1) is 0 Å². The lowest BCUT2D eigenvalue weighted by atomic mass is 10.2. The molecule has 1 aromatic heterocycles. The van der Waals surface area contributed by atoms with E-state index < -0.39 is 26.7 Å². The minimum Gasteiger partial charge on any atom is -0.465 e. The zero-order valence-corrected chi connectivity index (χ0v) is 12.6. The van der Waals surface area contributed by atoms with Crippen molar-refractivity contribution < 1.29 is 22.3 Å². The van der Waals surface area contributed by atoms with E-state index in [-0.39, 0.29) is 11.4 Å². The largest absolute Gasteiger partial charge is 0.465 e. The Bertz CT molecular complexity index is 821. The highest BCUT2D eigenvalue weighted by Crippen LogP contribution is 2.19. The van der Waals surface area contributed by atoms with Crippen LogP contribution in [0.2, 0.25) is 0 Å². The van der Waals surface area contributed by atoms with Crippen LogP contribution in [0.5, 0.6) is 0 Å². The molecule has 8 heteroatoms. The number of pyridine rings is 1. The molecule has 0 radical (unpaired) electrons. The van der Waals surface area contributed by atoms with Crippen LogP contribution in [0.4, 0.5) is 10.2 Å². The van der Waals surface area contributed by atoms with E-state index in [1.165, 1.54) is 31.5 Å². The summed E-state index contributed by atoms with van der Waals surface area (Å²) < 4.78 is 44.8. The number of hydrogen-bond donors (Lipinski definition) is 1. The van der Waals surface area contributed by atoms with Gasteiger partial charge in [-0.25, -0.2) is 22.6 Å². The molecule has 0 fully saturated rings. The van der Waals surface area contributed by atoms with Crippen molar-refractivity contribution in [1.29, 1.82) is 0 Å². The molecule has 1 N–H and O–H groups in total. The Morgan fingerprint density at radius 2 is 2.00 bits per heavy atom. The first-order chi connectivity index (χ1) is 10.3. The smallest absolute Gasteiger partial charge is 0.338 e. The monoisotopic (exact) mass is 324 g/mol. The molecule has 2 rings (SSSR count). The molecule has 0 atom stereocenters. The Balaban J connectivity index is 2.35. The van der Waals surface area contributed by atoms with E-state index in [0.29, 0.717) is 5.56 Å². The fraction of sp³-hybridized carbons (Fsp3) is 0.143. The van der Waals surface area contributed by atoms with Gasteiger partial charge in [0.05, 0.1) is 12.7 Å². The lowest BCUT2D eigenvalue weighted by molar-refractivity contribution is 0.0600. The van der Waals surface area contributed by atoms with Crippen LogP contribution in [0.15, 0.2) is 41.4 Å². The fourth-order valence-electron chi connectivity index (χ4n) is 1.75. The van der Waals surface area contributed by atoms with Crippen LogP contribution in [0.3, 0.4) is 0 Å². The molecule has 116 valence electrons. The van der Waals surface area contributed by atoms with E-state index in [9.17, 15) is 17.6 Å². The maximum absolute atomic E-state index is 13.8. The molecule has 6 nitrogen and oxygen atoms in total. The molecule has 0 aliphatic heterocycles. The molecule has 0 aliphatic rings. The number of benzene rings is 1. The van der Waals surface area contributed by atoms with Crippen molar-refractivity contribution in [2.24, 2.45) is 0 Å². The SMILES string of the molecule is COC(=O)c1ccnc(NS(=O)(=O)c2ccc(C)cc2F)c1. The Morgan fingerprint density at radius 1 is 1.27 bits per heavy atom. The lowest BCUT2D eigenvalue weighted by Crippen LogP contribution is -2.16. The second-order valence-electron chi connectivity index (χ2n) is 4.46. The van der Waals surface area contributed by atoms with Crippen LogP contribution < -0.4 is 4.72 Å². The van der Waals surface area contributed by atoms with Crippen molar-refractivity contribution in [1.82, 2.24) is 4.98 Å². The van der Waals surface area contributed by atoms with E-state index in [1.54, 1.807) is 6.92 Å². The molecule has 1 heterocycles. The fourth-order valence-corrected chi connectivity index (χ4v) is 2.81. The van der Waals surface area contributed by atoms with Gasteiger partial charge in [0.25, 0.3) is 10.0 Å². The number of anilines is 1. The number of aryl methyl sites for hydroxylation is 1. The van der Waals surface area contributed by atoms with Crippen LogP contribution >= 0.6 is 0 Å². The molecule has 2 aromatic rings. The molecule has 0 unspecified atom stereocenters. The number of halogens is 1. The van der Waals surface area contributed by atoms with Crippen molar-refractivity contribution in [3.05, 3.63) is 53.5 Å². The molecule has 22 heavy (non-hydrogen) atoms. The number of methoxy groups -OCH3 is 1. The van der Waals surface area contributed by atoms with Crippen molar-refractivity contribution >= 4 is 21.8 Å². The predicted molar refractivity (Wildman–Crippen MR) is 77.5 cm³/mol. The number of aromatic nitrogens is 1. The highest BCUT2D eigenvalue weighted by Gasteiger charge is 2.20. The molecule has 1 aromatic carbocycles. The third kappa shape index (κ3) is 3.40. The number of sulfonamides is 1. The van der Waals surface area contributed by atoms with E-state index in [4.69, 9.17) is 0 Å². The zero-order chi connectivity index (χ0) is 16.3. The summed E-state index contributed by atoms with van der Waals surface area (Å²) in [6, 6.07) is 6.34. The van der Waals surface area contributed by atoms with Gasteiger partial charge in [-0.2, -0.15) is 0 Å². The van der Waals surface area contributed by atoms with Crippen LogP contribution in [0.1, 0.15) is 15.9 Å².